The third-order valence-corrected chi connectivity index (χ3v) is 5.20. The number of halogens is 1. The van der Waals surface area contributed by atoms with Gasteiger partial charge >= 0.3 is 6.03 Å². The van der Waals surface area contributed by atoms with E-state index in [0.717, 1.165) is 22.6 Å². The van der Waals surface area contributed by atoms with Gasteiger partial charge in [-0.2, -0.15) is 16.9 Å². The number of hydrogen-bond donors (Lipinski definition) is 1. The maximum atomic E-state index is 13.6. The van der Waals surface area contributed by atoms with Crippen molar-refractivity contribution in [1.29, 1.82) is 0 Å². The van der Waals surface area contributed by atoms with E-state index < -0.39 is 0 Å². The number of aromatic nitrogens is 2. The van der Waals surface area contributed by atoms with Crippen molar-refractivity contribution < 1.29 is 9.18 Å². The van der Waals surface area contributed by atoms with Gasteiger partial charge in [-0.15, -0.1) is 0 Å². The lowest BCUT2D eigenvalue weighted by Gasteiger charge is -2.34. The van der Waals surface area contributed by atoms with Gasteiger partial charge in [-0.1, -0.05) is 12.1 Å². The van der Waals surface area contributed by atoms with Gasteiger partial charge in [0.2, 0.25) is 0 Å². The van der Waals surface area contributed by atoms with Crippen molar-refractivity contribution in [2.45, 2.75) is 19.5 Å². The molecule has 0 unspecified atom stereocenters. The Hall–Kier alpha value is -2.02. The molecule has 1 aliphatic rings. The summed E-state index contributed by atoms with van der Waals surface area (Å²) >= 11 is 1.84. The quantitative estimate of drug-likeness (QED) is 0.928. The second kappa shape index (κ2) is 7.25. The van der Waals surface area contributed by atoms with Gasteiger partial charge in [0, 0.05) is 43.4 Å². The fourth-order valence-electron chi connectivity index (χ4n) is 2.76. The molecule has 0 aliphatic carbocycles. The molecule has 2 amide bonds. The molecule has 1 atom stereocenters. The zero-order valence-corrected chi connectivity index (χ0v) is 14.6. The highest BCUT2D eigenvalue weighted by atomic mass is 32.2. The number of nitrogens with one attached hydrogen (secondary N) is 1. The summed E-state index contributed by atoms with van der Waals surface area (Å²) in [6.45, 7) is 2.74. The molecule has 0 bridgehead atoms. The Kier molecular flexibility index (Phi) is 5.08. The van der Waals surface area contributed by atoms with Gasteiger partial charge in [0.1, 0.15) is 5.82 Å². The molecule has 0 saturated carbocycles. The molecule has 1 aromatic carbocycles. The Morgan fingerprint density at radius 3 is 3.04 bits per heavy atom. The number of carbonyl (C=O) groups excluding carboxylic acids is 1. The minimum atomic E-state index is -0.246. The van der Waals surface area contributed by atoms with Crippen LogP contribution in [0.25, 0.3) is 0 Å². The van der Waals surface area contributed by atoms with E-state index >= 15 is 0 Å². The predicted molar refractivity (Wildman–Crippen MR) is 93.4 cm³/mol. The first-order chi connectivity index (χ1) is 11.5. The monoisotopic (exact) mass is 348 g/mol. The van der Waals surface area contributed by atoms with Crippen molar-refractivity contribution >= 4 is 17.8 Å². The summed E-state index contributed by atoms with van der Waals surface area (Å²) in [4.78, 5) is 14.4. The second-order valence-electron chi connectivity index (χ2n) is 5.97. The molecule has 0 spiro atoms. The number of nitrogens with zero attached hydrogens (tertiary/aromatic N) is 3. The number of rotatable bonds is 3. The van der Waals surface area contributed by atoms with Crippen LogP contribution in [0.1, 0.15) is 22.7 Å². The molecule has 5 nitrogen and oxygen atoms in total. The molecule has 7 heteroatoms. The van der Waals surface area contributed by atoms with Gasteiger partial charge in [0.05, 0.1) is 12.2 Å². The van der Waals surface area contributed by atoms with E-state index in [-0.39, 0.29) is 17.9 Å². The molecule has 1 aromatic heterocycles. The normalized spacial score (nSPS) is 17.8. The summed E-state index contributed by atoms with van der Waals surface area (Å²) in [5.74, 6) is 1.53. The Morgan fingerprint density at radius 2 is 2.33 bits per heavy atom. The van der Waals surface area contributed by atoms with Crippen molar-refractivity contribution in [2.24, 2.45) is 7.05 Å². The van der Waals surface area contributed by atoms with Crippen molar-refractivity contribution in [3.63, 3.8) is 0 Å². The number of aryl methyl sites for hydroxylation is 2. The Labute approximate surface area is 145 Å². The molecule has 2 aromatic rings. The molecular weight excluding hydrogens is 327 g/mol. The van der Waals surface area contributed by atoms with Crippen LogP contribution in [0.3, 0.4) is 0 Å². The summed E-state index contributed by atoms with van der Waals surface area (Å²) in [5, 5.41) is 7.11. The molecule has 1 saturated heterocycles. The predicted octanol–water partition coefficient (Wildman–Crippen LogP) is 2.87. The van der Waals surface area contributed by atoms with Gasteiger partial charge in [-0.25, -0.2) is 9.18 Å². The van der Waals surface area contributed by atoms with E-state index in [9.17, 15) is 9.18 Å². The van der Waals surface area contributed by atoms with E-state index in [0.29, 0.717) is 18.7 Å². The molecule has 2 heterocycles. The number of thioether (sulfide) groups is 1. The maximum absolute atomic E-state index is 13.6. The van der Waals surface area contributed by atoms with Gasteiger partial charge in [-0.05, 0) is 24.1 Å². The molecule has 1 N–H and O–H groups in total. The first-order valence-electron chi connectivity index (χ1n) is 7.90. The van der Waals surface area contributed by atoms with Gasteiger partial charge in [0.25, 0.3) is 0 Å². The molecule has 3 rings (SSSR count). The Morgan fingerprint density at radius 1 is 1.50 bits per heavy atom. The fourth-order valence-corrected chi connectivity index (χ4v) is 3.85. The third-order valence-electron chi connectivity index (χ3n) is 4.18. The van der Waals surface area contributed by atoms with E-state index in [2.05, 4.69) is 10.4 Å². The summed E-state index contributed by atoms with van der Waals surface area (Å²) in [6, 6.07) is 4.94. The summed E-state index contributed by atoms with van der Waals surface area (Å²) in [7, 11) is 1.87. The zero-order chi connectivity index (χ0) is 17.1. The van der Waals surface area contributed by atoms with Crippen molar-refractivity contribution in [1.82, 2.24) is 20.0 Å². The Bertz CT molecular complexity index is 733. The number of benzene rings is 1. The lowest BCUT2D eigenvalue weighted by molar-refractivity contribution is 0.182. The van der Waals surface area contributed by atoms with Crippen molar-refractivity contribution in [3.05, 3.63) is 53.1 Å². The van der Waals surface area contributed by atoms with E-state index in [1.807, 2.05) is 42.2 Å². The highest BCUT2D eigenvalue weighted by molar-refractivity contribution is 7.99. The number of amides is 2. The number of hydrogen-bond acceptors (Lipinski definition) is 3. The first kappa shape index (κ1) is 16.8. The lowest BCUT2D eigenvalue weighted by Crippen LogP contribution is -2.46. The summed E-state index contributed by atoms with van der Waals surface area (Å²) < 4.78 is 15.4. The topological polar surface area (TPSA) is 50.2 Å². The van der Waals surface area contributed by atoms with E-state index in [1.165, 1.54) is 6.07 Å². The largest absolute Gasteiger partial charge is 0.334 e. The van der Waals surface area contributed by atoms with Gasteiger partial charge < -0.3 is 10.2 Å². The van der Waals surface area contributed by atoms with Crippen LogP contribution in [0.15, 0.2) is 30.6 Å². The van der Waals surface area contributed by atoms with Crippen LogP contribution < -0.4 is 5.32 Å². The first-order valence-corrected chi connectivity index (χ1v) is 9.06. The molecular formula is C17H21FN4OS. The standard InChI is InChI=1S/C17H21FN4OS/c1-12-3-4-13(7-15(12)18)8-19-17(23)22-5-6-24-11-16(22)14-9-20-21(2)10-14/h3-4,7,9-10,16H,5-6,8,11H2,1-2H3,(H,19,23)/t16-/m0/s1. The van der Waals surface area contributed by atoms with Crippen LogP contribution in [0.5, 0.6) is 0 Å². The molecule has 1 fully saturated rings. The highest BCUT2D eigenvalue weighted by Crippen LogP contribution is 2.29. The fraction of sp³-hybridized carbons (Fsp3) is 0.412. The van der Waals surface area contributed by atoms with Gasteiger partial charge in [0.15, 0.2) is 0 Å². The summed E-state index contributed by atoms with van der Waals surface area (Å²) in [6.07, 6.45) is 3.76. The minimum absolute atomic E-state index is 0.0206. The molecule has 0 radical (unpaired) electrons. The van der Waals surface area contributed by atoms with Gasteiger partial charge in [-0.3, -0.25) is 4.68 Å². The minimum Gasteiger partial charge on any atom is -0.334 e. The average Bonchev–Trinajstić information content (AvgIpc) is 3.02. The lowest BCUT2D eigenvalue weighted by atomic mass is 10.1. The van der Waals surface area contributed by atoms with Crippen LogP contribution in [0, 0.1) is 12.7 Å². The van der Waals surface area contributed by atoms with Crippen molar-refractivity contribution in [3.8, 4) is 0 Å². The average molecular weight is 348 g/mol. The van der Waals surface area contributed by atoms with Crippen LogP contribution in [-0.2, 0) is 13.6 Å². The molecule has 1 aliphatic heterocycles. The molecule has 128 valence electrons. The van der Waals surface area contributed by atoms with Crippen LogP contribution in [-0.4, -0.2) is 38.8 Å². The number of urea groups is 1. The van der Waals surface area contributed by atoms with Crippen LogP contribution in [0.2, 0.25) is 0 Å². The SMILES string of the molecule is Cc1ccc(CNC(=O)N2CCSC[C@H]2c2cnn(C)c2)cc1F. The van der Waals surface area contributed by atoms with Crippen LogP contribution in [0.4, 0.5) is 9.18 Å². The highest BCUT2D eigenvalue weighted by Gasteiger charge is 2.29. The maximum Gasteiger partial charge on any atom is 0.318 e. The number of carbonyl (C=O) groups is 1. The Balaban J connectivity index is 1.66. The van der Waals surface area contributed by atoms with E-state index in [1.54, 1.807) is 17.7 Å². The summed E-state index contributed by atoms with van der Waals surface area (Å²) in [5.41, 5.74) is 2.41. The smallest absolute Gasteiger partial charge is 0.318 e. The third kappa shape index (κ3) is 3.72. The van der Waals surface area contributed by atoms with Crippen molar-refractivity contribution in [2.75, 3.05) is 18.1 Å². The zero-order valence-electron chi connectivity index (χ0n) is 13.8. The molecule has 24 heavy (non-hydrogen) atoms. The second-order valence-corrected chi connectivity index (χ2v) is 7.12. The van der Waals surface area contributed by atoms with E-state index in [4.69, 9.17) is 0 Å². The van der Waals surface area contributed by atoms with Crippen LogP contribution >= 0.6 is 11.8 Å².